The molecule has 15 heteroatoms. The predicted molar refractivity (Wildman–Crippen MR) is 152 cm³/mol. The fraction of sp³-hybridized carbons (Fsp3) is 0.586. The van der Waals surface area contributed by atoms with E-state index in [1.807, 2.05) is 4.90 Å². The molecule has 0 aromatic heterocycles. The number of ether oxygens (including phenoxy) is 4. The molecule has 0 saturated carbocycles. The van der Waals surface area contributed by atoms with Crippen molar-refractivity contribution < 1.29 is 52.8 Å². The number of amides is 5. The Balaban J connectivity index is 1.12. The highest BCUT2D eigenvalue weighted by Gasteiger charge is 2.46. The number of hydrogen-bond acceptors (Lipinski definition) is 11. The standard InChI is InChI=1S/C29H38N4O11/c34-23-5-4-22(27(38)31-23)33-28(39)20-2-1-3-21(25(20)29(33)40)32-9-6-19(7-10-32)26(37)30-8-11-41-12-13-42-14-15-43-16-17-44-18-24(35)36/h1-3,19,22H,4-18H2,(H,30,37)(H,35,36)(H,31,34,38). The van der Waals surface area contributed by atoms with Crippen LogP contribution in [0.3, 0.4) is 0 Å². The number of carbonyl (C=O) groups excluding carboxylic acids is 5. The van der Waals surface area contributed by atoms with Crippen molar-refractivity contribution in [1.82, 2.24) is 15.5 Å². The Bertz CT molecular complexity index is 1230. The van der Waals surface area contributed by atoms with Gasteiger partial charge in [0, 0.05) is 32.0 Å². The maximum atomic E-state index is 13.4. The molecule has 1 aromatic carbocycles. The monoisotopic (exact) mass is 618 g/mol. The third-order valence-electron chi connectivity index (χ3n) is 7.54. The number of carboxylic acid groups (broad SMARTS) is 1. The molecule has 0 radical (unpaired) electrons. The van der Waals surface area contributed by atoms with E-state index in [1.54, 1.807) is 18.2 Å². The van der Waals surface area contributed by atoms with Crippen LogP contribution in [0.25, 0.3) is 0 Å². The number of imide groups is 2. The topological polar surface area (TPSA) is 190 Å². The van der Waals surface area contributed by atoms with Crippen molar-refractivity contribution in [2.75, 3.05) is 77.4 Å². The lowest BCUT2D eigenvalue weighted by molar-refractivity contribution is -0.143. The molecule has 2 fully saturated rings. The van der Waals surface area contributed by atoms with Crippen LogP contribution in [0.15, 0.2) is 18.2 Å². The second-order valence-corrected chi connectivity index (χ2v) is 10.5. The molecule has 0 spiro atoms. The van der Waals surface area contributed by atoms with Crippen LogP contribution in [0.1, 0.15) is 46.4 Å². The number of nitrogens with zero attached hydrogens (tertiary/aromatic N) is 2. The number of aliphatic carboxylic acids is 1. The molecule has 1 aromatic rings. The lowest BCUT2D eigenvalue weighted by Gasteiger charge is -2.34. The molecular formula is C29H38N4O11. The number of nitrogens with one attached hydrogen (secondary N) is 2. The molecule has 2 saturated heterocycles. The van der Waals surface area contributed by atoms with Crippen LogP contribution in [0, 0.1) is 5.92 Å². The lowest BCUT2D eigenvalue weighted by atomic mass is 9.94. The van der Waals surface area contributed by atoms with Crippen molar-refractivity contribution >= 4 is 41.2 Å². The minimum atomic E-state index is -1.02. The van der Waals surface area contributed by atoms with Crippen LogP contribution in [0.4, 0.5) is 5.69 Å². The van der Waals surface area contributed by atoms with Gasteiger partial charge in [0.25, 0.3) is 11.8 Å². The van der Waals surface area contributed by atoms with Crippen molar-refractivity contribution in [3.05, 3.63) is 29.3 Å². The van der Waals surface area contributed by atoms with E-state index in [2.05, 4.69) is 10.6 Å². The molecule has 0 bridgehead atoms. The Morgan fingerprint density at radius 2 is 1.50 bits per heavy atom. The number of hydrogen-bond donors (Lipinski definition) is 3. The van der Waals surface area contributed by atoms with Gasteiger partial charge in [-0.2, -0.15) is 0 Å². The average Bonchev–Trinajstić information content (AvgIpc) is 3.26. The number of anilines is 1. The highest BCUT2D eigenvalue weighted by molar-refractivity contribution is 6.25. The van der Waals surface area contributed by atoms with Crippen LogP contribution in [0.2, 0.25) is 0 Å². The van der Waals surface area contributed by atoms with E-state index >= 15 is 0 Å². The Morgan fingerprint density at radius 1 is 0.864 bits per heavy atom. The predicted octanol–water partition coefficient (Wildman–Crippen LogP) is -0.429. The molecule has 3 N–H and O–H groups in total. The van der Waals surface area contributed by atoms with Gasteiger partial charge in [-0.05, 0) is 31.4 Å². The summed E-state index contributed by atoms with van der Waals surface area (Å²) < 4.78 is 21.0. The molecule has 0 aliphatic carbocycles. The van der Waals surface area contributed by atoms with Crippen molar-refractivity contribution in [3.63, 3.8) is 0 Å². The van der Waals surface area contributed by atoms with E-state index in [1.165, 1.54) is 0 Å². The molecule has 15 nitrogen and oxygen atoms in total. The minimum Gasteiger partial charge on any atom is -0.480 e. The van der Waals surface area contributed by atoms with E-state index in [0.717, 1.165) is 4.90 Å². The largest absolute Gasteiger partial charge is 0.480 e. The van der Waals surface area contributed by atoms with E-state index in [0.29, 0.717) is 71.2 Å². The summed E-state index contributed by atoms with van der Waals surface area (Å²) in [4.78, 5) is 76.4. The number of fused-ring (bicyclic) bond motifs is 1. The fourth-order valence-corrected chi connectivity index (χ4v) is 5.35. The normalized spacial score (nSPS) is 18.9. The summed E-state index contributed by atoms with van der Waals surface area (Å²) in [6.45, 7) is 3.31. The van der Waals surface area contributed by atoms with Gasteiger partial charge in [-0.1, -0.05) is 6.07 Å². The van der Waals surface area contributed by atoms with Crippen LogP contribution in [-0.4, -0.2) is 124 Å². The SMILES string of the molecule is O=C(O)COCCOCCOCCOCCNC(=O)C1CCN(c2cccc3c2C(=O)N(C2CCC(=O)NC2=O)C3=O)CC1. The molecule has 3 heterocycles. The second kappa shape index (κ2) is 16.2. The van der Waals surface area contributed by atoms with E-state index in [4.69, 9.17) is 24.1 Å². The minimum absolute atomic E-state index is 0.0559. The molecular weight excluding hydrogens is 580 g/mol. The Labute approximate surface area is 254 Å². The van der Waals surface area contributed by atoms with E-state index in [9.17, 15) is 28.8 Å². The average molecular weight is 619 g/mol. The van der Waals surface area contributed by atoms with Gasteiger partial charge in [0.15, 0.2) is 0 Å². The van der Waals surface area contributed by atoms with Gasteiger partial charge in [-0.15, -0.1) is 0 Å². The van der Waals surface area contributed by atoms with Gasteiger partial charge in [0.1, 0.15) is 12.6 Å². The molecule has 3 aliphatic rings. The van der Waals surface area contributed by atoms with Gasteiger partial charge in [0.2, 0.25) is 17.7 Å². The first-order valence-electron chi connectivity index (χ1n) is 14.7. The van der Waals surface area contributed by atoms with Gasteiger partial charge >= 0.3 is 5.97 Å². The zero-order valence-electron chi connectivity index (χ0n) is 24.4. The molecule has 240 valence electrons. The first-order valence-corrected chi connectivity index (χ1v) is 14.7. The van der Waals surface area contributed by atoms with Gasteiger partial charge < -0.3 is 34.3 Å². The third-order valence-corrected chi connectivity index (χ3v) is 7.54. The van der Waals surface area contributed by atoms with Crippen molar-refractivity contribution in [2.45, 2.75) is 31.7 Å². The van der Waals surface area contributed by atoms with E-state index in [-0.39, 0.29) is 55.6 Å². The third kappa shape index (κ3) is 8.59. The highest BCUT2D eigenvalue weighted by atomic mass is 16.6. The quantitative estimate of drug-likeness (QED) is 0.151. The Morgan fingerprint density at radius 3 is 2.14 bits per heavy atom. The van der Waals surface area contributed by atoms with Crippen molar-refractivity contribution in [3.8, 4) is 0 Å². The molecule has 1 atom stereocenters. The number of rotatable bonds is 17. The number of carboxylic acids is 1. The second-order valence-electron chi connectivity index (χ2n) is 10.5. The van der Waals surface area contributed by atoms with Crippen LogP contribution >= 0.6 is 0 Å². The first kappa shape index (κ1) is 33.0. The van der Waals surface area contributed by atoms with Gasteiger partial charge in [-0.25, -0.2) is 4.79 Å². The van der Waals surface area contributed by atoms with Crippen LogP contribution in [0.5, 0.6) is 0 Å². The number of piperidine rings is 2. The van der Waals surface area contributed by atoms with Crippen LogP contribution < -0.4 is 15.5 Å². The maximum absolute atomic E-state index is 13.4. The van der Waals surface area contributed by atoms with Crippen LogP contribution in [-0.2, 0) is 38.1 Å². The summed E-state index contributed by atoms with van der Waals surface area (Å²) >= 11 is 0. The number of carbonyl (C=O) groups is 6. The summed E-state index contributed by atoms with van der Waals surface area (Å²) in [5.74, 6) is -3.45. The smallest absolute Gasteiger partial charge is 0.329 e. The highest BCUT2D eigenvalue weighted by Crippen LogP contribution is 2.35. The molecule has 1 unspecified atom stereocenters. The Kier molecular flexibility index (Phi) is 12.2. The maximum Gasteiger partial charge on any atom is 0.329 e. The number of benzene rings is 1. The van der Waals surface area contributed by atoms with Gasteiger partial charge in [-0.3, -0.25) is 34.2 Å². The Hall–Kier alpha value is -3.92. The molecule has 3 aliphatic heterocycles. The summed E-state index contributed by atoms with van der Waals surface area (Å²) in [5, 5.41) is 13.6. The van der Waals surface area contributed by atoms with Crippen molar-refractivity contribution in [2.24, 2.45) is 5.92 Å². The summed E-state index contributed by atoms with van der Waals surface area (Å²) in [5.41, 5.74) is 1.08. The lowest BCUT2D eigenvalue weighted by Crippen LogP contribution is -2.54. The zero-order valence-corrected chi connectivity index (χ0v) is 24.4. The molecule has 5 amide bonds. The molecule has 44 heavy (non-hydrogen) atoms. The van der Waals surface area contributed by atoms with E-state index < -0.39 is 35.6 Å². The zero-order chi connectivity index (χ0) is 31.5. The van der Waals surface area contributed by atoms with Crippen molar-refractivity contribution in [1.29, 1.82) is 0 Å². The summed E-state index contributed by atoms with van der Waals surface area (Å²) in [7, 11) is 0. The summed E-state index contributed by atoms with van der Waals surface area (Å²) in [6, 6.07) is 4.02. The first-order chi connectivity index (χ1) is 21.3. The van der Waals surface area contributed by atoms with Gasteiger partial charge in [0.05, 0.1) is 63.1 Å². The fourth-order valence-electron chi connectivity index (χ4n) is 5.35. The molecule has 4 rings (SSSR count). The summed E-state index contributed by atoms with van der Waals surface area (Å²) in [6.07, 6.45) is 1.28.